The Balaban J connectivity index is 1.35. The van der Waals surface area contributed by atoms with Crippen LogP contribution in [0.3, 0.4) is 0 Å². The van der Waals surface area contributed by atoms with Crippen LogP contribution in [-0.2, 0) is 16.0 Å². The van der Waals surface area contributed by atoms with Crippen LogP contribution >= 0.6 is 0 Å². The van der Waals surface area contributed by atoms with Crippen molar-refractivity contribution in [2.45, 2.75) is 25.5 Å². The minimum atomic E-state index is -0.622. The largest absolute Gasteiger partial charge is 0.497 e. The molecule has 8 nitrogen and oxygen atoms in total. The fourth-order valence-corrected chi connectivity index (χ4v) is 3.88. The molecule has 4 aromatic rings. The summed E-state index contributed by atoms with van der Waals surface area (Å²) in [6.45, 7) is 2.38. The average Bonchev–Trinajstić information content (AvgIpc) is 3.27. The van der Waals surface area contributed by atoms with Gasteiger partial charge in [-0.15, -0.1) is 5.10 Å². The molecule has 32 heavy (non-hydrogen) atoms. The topological polar surface area (TPSA) is 90.6 Å². The highest BCUT2D eigenvalue weighted by atomic mass is 16.5. The van der Waals surface area contributed by atoms with Crippen molar-refractivity contribution >= 4 is 11.6 Å². The summed E-state index contributed by atoms with van der Waals surface area (Å²) in [6.07, 6.45) is 1.82. The number of aromatic nitrogens is 4. The van der Waals surface area contributed by atoms with Crippen LogP contribution in [0.15, 0.2) is 60.9 Å². The molecule has 1 aliphatic rings. The van der Waals surface area contributed by atoms with Gasteiger partial charge in [-0.05, 0) is 48.7 Å². The van der Waals surface area contributed by atoms with Gasteiger partial charge in [0.15, 0.2) is 17.6 Å². The van der Waals surface area contributed by atoms with Crippen molar-refractivity contribution in [1.29, 1.82) is 0 Å². The number of ether oxygens (including phenoxy) is 2. The molecule has 2 aromatic carbocycles. The Morgan fingerprint density at radius 2 is 2.03 bits per heavy atom. The molecule has 0 spiro atoms. The van der Waals surface area contributed by atoms with Gasteiger partial charge in [0, 0.05) is 11.6 Å². The first-order valence-electron chi connectivity index (χ1n) is 10.5. The van der Waals surface area contributed by atoms with E-state index in [4.69, 9.17) is 9.47 Å². The molecule has 0 saturated carbocycles. The smallest absolute Gasteiger partial charge is 0.254 e. The van der Waals surface area contributed by atoms with Gasteiger partial charge >= 0.3 is 0 Å². The summed E-state index contributed by atoms with van der Waals surface area (Å²) in [7, 11) is 1.64. The van der Waals surface area contributed by atoms with Crippen molar-refractivity contribution in [3.63, 3.8) is 0 Å². The van der Waals surface area contributed by atoms with Gasteiger partial charge in [0.1, 0.15) is 12.1 Å². The average molecular weight is 429 g/mol. The van der Waals surface area contributed by atoms with E-state index in [0.717, 1.165) is 34.6 Å². The fraction of sp³-hybridized carbons (Fsp3) is 0.250. The van der Waals surface area contributed by atoms with Crippen molar-refractivity contribution in [3.8, 4) is 17.0 Å². The fourth-order valence-electron chi connectivity index (χ4n) is 3.88. The van der Waals surface area contributed by atoms with Crippen molar-refractivity contribution in [3.05, 3.63) is 77.9 Å². The number of methoxy groups -OCH3 is 1. The lowest BCUT2D eigenvalue weighted by atomic mass is 9.97. The third-order valence-electron chi connectivity index (χ3n) is 5.61. The molecular formula is C24H23N5O3. The Kier molecular flexibility index (Phi) is 5.28. The number of hydrogen-bond donors (Lipinski definition) is 1. The first-order valence-corrected chi connectivity index (χ1v) is 10.5. The summed E-state index contributed by atoms with van der Waals surface area (Å²) in [5, 5.41) is 7.47. The summed E-state index contributed by atoms with van der Waals surface area (Å²) in [5.74, 6) is 1.10. The van der Waals surface area contributed by atoms with Gasteiger partial charge < -0.3 is 14.8 Å². The first-order chi connectivity index (χ1) is 15.6. The second-order valence-electron chi connectivity index (χ2n) is 7.71. The highest BCUT2D eigenvalue weighted by Crippen LogP contribution is 2.28. The number of hydrogen-bond acceptors (Lipinski definition) is 6. The van der Waals surface area contributed by atoms with Crippen LogP contribution in [0.25, 0.3) is 16.9 Å². The summed E-state index contributed by atoms with van der Waals surface area (Å²) in [6, 6.07) is 17.0. The Bertz CT molecular complexity index is 1270. The molecule has 2 atom stereocenters. The zero-order valence-corrected chi connectivity index (χ0v) is 17.9. The molecule has 2 aromatic heterocycles. The zero-order chi connectivity index (χ0) is 22.1. The Hall–Kier alpha value is -3.78. The predicted molar refractivity (Wildman–Crippen MR) is 118 cm³/mol. The normalized spacial score (nSPS) is 16.4. The van der Waals surface area contributed by atoms with Crippen LogP contribution in [0.4, 0.5) is 0 Å². The molecule has 1 unspecified atom stereocenters. The van der Waals surface area contributed by atoms with E-state index in [1.165, 1.54) is 0 Å². The van der Waals surface area contributed by atoms with E-state index in [9.17, 15) is 4.79 Å². The number of carbonyl (C=O) groups is 1. The van der Waals surface area contributed by atoms with Crippen LogP contribution in [-0.4, -0.2) is 39.2 Å². The minimum Gasteiger partial charge on any atom is -0.497 e. The van der Waals surface area contributed by atoms with Gasteiger partial charge in [-0.25, -0.2) is 14.5 Å². The number of fused-ring (bicyclic) bond motifs is 2. The van der Waals surface area contributed by atoms with Gasteiger partial charge in [0.25, 0.3) is 5.91 Å². The summed E-state index contributed by atoms with van der Waals surface area (Å²) in [5.41, 5.74) is 4.45. The molecule has 8 heteroatoms. The second kappa shape index (κ2) is 8.39. The van der Waals surface area contributed by atoms with E-state index in [2.05, 4.69) is 20.4 Å². The monoisotopic (exact) mass is 429 g/mol. The van der Waals surface area contributed by atoms with E-state index >= 15 is 0 Å². The van der Waals surface area contributed by atoms with Crippen molar-refractivity contribution in [2.24, 2.45) is 0 Å². The lowest BCUT2D eigenvalue weighted by molar-refractivity contribution is -0.134. The minimum absolute atomic E-state index is 0.194. The van der Waals surface area contributed by atoms with Crippen LogP contribution in [0, 0.1) is 0 Å². The predicted octanol–water partition coefficient (Wildman–Crippen LogP) is 3.29. The quantitative estimate of drug-likeness (QED) is 0.524. The molecule has 1 aliphatic heterocycles. The van der Waals surface area contributed by atoms with E-state index in [0.29, 0.717) is 18.1 Å². The van der Waals surface area contributed by atoms with E-state index in [1.54, 1.807) is 18.0 Å². The molecule has 1 amide bonds. The van der Waals surface area contributed by atoms with Crippen LogP contribution in [0.5, 0.6) is 5.75 Å². The molecule has 0 radical (unpaired) electrons. The van der Waals surface area contributed by atoms with Crippen molar-refractivity contribution in [1.82, 2.24) is 24.9 Å². The van der Waals surface area contributed by atoms with Gasteiger partial charge in [0.05, 0.1) is 25.5 Å². The van der Waals surface area contributed by atoms with Crippen molar-refractivity contribution < 1.29 is 14.3 Å². The molecule has 0 bridgehead atoms. The first kappa shape index (κ1) is 20.1. The lowest BCUT2D eigenvalue weighted by Crippen LogP contribution is -2.35. The highest BCUT2D eigenvalue weighted by molar-refractivity contribution is 5.83. The van der Waals surface area contributed by atoms with Crippen LogP contribution < -0.4 is 10.1 Å². The third-order valence-corrected chi connectivity index (χ3v) is 5.61. The molecule has 5 rings (SSSR count). The molecule has 1 N–H and O–H groups in total. The van der Waals surface area contributed by atoms with Crippen molar-refractivity contribution in [2.75, 3.05) is 13.7 Å². The number of nitrogens with one attached hydrogen (secondary N) is 1. The second-order valence-corrected chi connectivity index (χ2v) is 7.71. The maximum atomic E-state index is 12.9. The Morgan fingerprint density at radius 1 is 1.22 bits per heavy atom. The molecule has 162 valence electrons. The number of nitrogens with zero attached hydrogens (tertiary/aromatic N) is 4. The van der Waals surface area contributed by atoms with E-state index in [1.807, 2.05) is 61.5 Å². The number of benzene rings is 2. The standard InChI is InChI=1S/C24H23N5O3/c1-15(26-24(30)22-19-6-4-3-5-16(19)11-12-32-22)23-27-21-13-20(25-14-29(21)28-23)17-7-9-18(31-2)10-8-17/h3-10,13-15,22H,11-12H2,1-2H3,(H,26,30)/t15-,22?/m1/s1. The van der Waals surface area contributed by atoms with E-state index in [-0.39, 0.29) is 11.9 Å². The maximum absolute atomic E-state index is 12.9. The molecule has 0 aliphatic carbocycles. The molecular weight excluding hydrogens is 406 g/mol. The van der Waals surface area contributed by atoms with Gasteiger partial charge in [-0.3, -0.25) is 4.79 Å². The summed E-state index contributed by atoms with van der Waals surface area (Å²) in [4.78, 5) is 22.0. The van der Waals surface area contributed by atoms with E-state index < -0.39 is 6.10 Å². The Labute approximate surface area is 185 Å². The number of carbonyl (C=O) groups excluding carboxylic acids is 1. The van der Waals surface area contributed by atoms with Gasteiger partial charge in [0.2, 0.25) is 0 Å². The highest BCUT2D eigenvalue weighted by Gasteiger charge is 2.29. The third kappa shape index (κ3) is 3.80. The summed E-state index contributed by atoms with van der Waals surface area (Å²) < 4.78 is 12.6. The molecule has 3 heterocycles. The van der Waals surface area contributed by atoms with Crippen LogP contribution in [0.1, 0.15) is 36.0 Å². The van der Waals surface area contributed by atoms with Crippen LogP contribution in [0.2, 0.25) is 0 Å². The lowest BCUT2D eigenvalue weighted by Gasteiger charge is -2.26. The van der Waals surface area contributed by atoms with Gasteiger partial charge in [-0.1, -0.05) is 24.3 Å². The maximum Gasteiger partial charge on any atom is 0.254 e. The van der Waals surface area contributed by atoms with Gasteiger partial charge in [-0.2, -0.15) is 0 Å². The summed E-state index contributed by atoms with van der Waals surface area (Å²) >= 11 is 0. The SMILES string of the molecule is COc1ccc(-c2cc3nc([C@@H](C)NC(=O)C4OCCc5ccccc54)nn3cn2)cc1. The number of amides is 1. The molecule has 0 saturated heterocycles. The zero-order valence-electron chi connectivity index (χ0n) is 17.9. The molecule has 0 fully saturated rings. The number of rotatable bonds is 5. The Morgan fingerprint density at radius 3 is 2.84 bits per heavy atom.